The van der Waals surface area contributed by atoms with Gasteiger partial charge in [-0.2, -0.15) is 5.10 Å². The van der Waals surface area contributed by atoms with Crippen molar-refractivity contribution < 1.29 is 18.7 Å². The van der Waals surface area contributed by atoms with Crippen LogP contribution in [0.4, 0.5) is 5.69 Å². The lowest BCUT2D eigenvalue weighted by Gasteiger charge is -2.10. The Morgan fingerprint density at radius 2 is 2.00 bits per heavy atom. The summed E-state index contributed by atoms with van der Waals surface area (Å²) in [5.41, 5.74) is 1.60. The number of amides is 2. The third kappa shape index (κ3) is 5.66. The van der Waals surface area contributed by atoms with Crippen LogP contribution in [0, 0.1) is 5.92 Å². The molecule has 0 aliphatic heterocycles. The molecular weight excluding hydrogens is 408 g/mol. The second kappa shape index (κ2) is 10.5. The van der Waals surface area contributed by atoms with E-state index in [2.05, 4.69) is 22.3 Å². The van der Waals surface area contributed by atoms with Gasteiger partial charge in [-0.3, -0.25) is 14.3 Å². The minimum Gasteiger partial charge on any atom is -0.485 e. The first kappa shape index (κ1) is 22.9. The number of para-hydroxylation sites is 1. The van der Waals surface area contributed by atoms with E-state index in [-0.39, 0.29) is 24.0 Å². The van der Waals surface area contributed by atoms with Gasteiger partial charge in [-0.15, -0.1) is 6.58 Å². The van der Waals surface area contributed by atoms with E-state index in [0.717, 1.165) is 11.3 Å². The number of anilines is 1. The highest BCUT2D eigenvalue weighted by Gasteiger charge is 2.20. The fourth-order valence-corrected chi connectivity index (χ4v) is 3.06. The predicted molar refractivity (Wildman–Crippen MR) is 122 cm³/mol. The van der Waals surface area contributed by atoms with E-state index < -0.39 is 5.91 Å². The Balaban J connectivity index is 1.65. The molecule has 8 nitrogen and oxygen atoms in total. The molecule has 168 valence electrons. The zero-order valence-corrected chi connectivity index (χ0v) is 18.6. The van der Waals surface area contributed by atoms with Crippen LogP contribution in [0.25, 0.3) is 0 Å². The molecule has 0 spiro atoms. The van der Waals surface area contributed by atoms with Gasteiger partial charge in [-0.05, 0) is 36.1 Å². The minimum atomic E-state index is -0.478. The van der Waals surface area contributed by atoms with Crippen LogP contribution in [0.1, 0.15) is 46.2 Å². The number of rotatable bonds is 10. The van der Waals surface area contributed by atoms with Gasteiger partial charge < -0.3 is 19.8 Å². The van der Waals surface area contributed by atoms with Crippen molar-refractivity contribution in [2.24, 2.45) is 13.0 Å². The Hall–Kier alpha value is -3.81. The summed E-state index contributed by atoms with van der Waals surface area (Å²) >= 11 is 0. The van der Waals surface area contributed by atoms with Crippen molar-refractivity contribution in [2.45, 2.75) is 26.9 Å². The van der Waals surface area contributed by atoms with Crippen LogP contribution in [0.15, 0.2) is 59.7 Å². The summed E-state index contributed by atoms with van der Waals surface area (Å²) in [6.45, 7) is 8.46. The third-order valence-corrected chi connectivity index (χ3v) is 4.67. The number of carbonyl (C=O) groups excluding carboxylic acids is 2. The molecule has 0 fully saturated rings. The maximum atomic E-state index is 12.7. The number of aryl methyl sites for hydroxylation is 1. The molecule has 0 aliphatic rings. The van der Waals surface area contributed by atoms with Crippen LogP contribution in [-0.4, -0.2) is 28.1 Å². The summed E-state index contributed by atoms with van der Waals surface area (Å²) < 4.78 is 12.9. The van der Waals surface area contributed by atoms with Crippen LogP contribution in [0.2, 0.25) is 0 Å². The molecule has 3 rings (SSSR count). The number of ether oxygens (including phenoxy) is 1. The molecule has 1 aromatic carbocycles. The Kier molecular flexibility index (Phi) is 7.49. The predicted octanol–water partition coefficient (Wildman–Crippen LogP) is 3.96. The molecule has 0 saturated heterocycles. The van der Waals surface area contributed by atoms with E-state index >= 15 is 0 Å². The summed E-state index contributed by atoms with van der Waals surface area (Å²) in [6.07, 6.45) is 3.94. The summed E-state index contributed by atoms with van der Waals surface area (Å²) in [4.78, 5) is 25.2. The summed E-state index contributed by atoms with van der Waals surface area (Å²) in [5, 5.41) is 9.62. The van der Waals surface area contributed by atoms with Crippen molar-refractivity contribution in [1.29, 1.82) is 0 Å². The highest BCUT2D eigenvalue weighted by Crippen LogP contribution is 2.21. The second-order valence-corrected chi connectivity index (χ2v) is 7.74. The minimum absolute atomic E-state index is 0.111. The van der Waals surface area contributed by atoms with Gasteiger partial charge in [-0.1, -0.05) is 38.1 Å². The molecule has 0 radical (unpaired) electrons. The zero-order chi connectivity index (χ0) is 23.1. The SMILES string of the molecule is C=CCc1ccccc1OCc1ccc(C(=O)Nc2cnn(C)c2C(=O)NCC(C)C)o1. The van der Waals surface area contributed by atoms with Crippen LogP contribution in [0.3, 0.4) is 0 Å². The quantitative estimate of drug-likeness (QED) is 0.469. The van der Waals surface area contributed by atoms with Gasteiger partial charge in [0.25, 0.3) is 11.8 Å². The van der Waals surface area contributed by atoms with Gasteiger partial charge in [0.15, 0.2) is 5.76 Å². The molecule has 2 N–H and O–H groups in total. The molecule has 0 atom stereocenters. The number of aromatic nitrogens is 2. The number of hydrogen-bond donors (Lipinski definition) is 2. The van der Waals surface area contributed by atoms with Gasteiger partial charge >= 0.3 is 0 Å². The van der Waals surface area contributed by atoms with E-state index in [1.165, 1.54) is 10.9 Å². The van der Waals surface area contributed by atoms with Crippen molar-refractivity contribution >= 4 is 17.5 Å². The fourth-order valence-electron chi connectivity index (χ4n) is 3.06. The number of nitrogens with one attached hydrogen (secondary N) is 2. The van der Waals surface area contributed by atoms with Gasteiger partial charge in [0, 0.05) is 13.6 Å². The monoisotopic (exact) mass is 436 g/mol. The topological polar surface area (TPSA) is 98.4 Å². The number of carbonyl (C=O) groups is 2. The molecule has 3 aromatic rings. The molecule has 0 unspecified atom stereocenters. The lowest BCUT2D eigenvalue weighted by atomic mass is 10.1. The van der Waals surface area contributed by atoms with Crippen LogP contribution in [-0.2, 0) is 20.1 Å². The largest absolute Gasteiger partial charge is 0.485 e. The molecule has 8 heteroatoms. The average molecular weight is 437 g/mol. The molecular formula is C24H28N4O4. The maximum absolute atomic E-state index is 12.7. The maximum Gasteiger partial charge on any atom is 0.291 e. The van der Waals surface area contributed by atoms with E-state index in [1.54, 1.807) is 19.2 Å². The highest BCUT2D eigenvalue weighted by molar-refractivity contribution is 6.07. The van der Waals surface area contributed by atoms with Crippen LogP contribution in [0.5, 0.6) is 5.75 Å². The Labute approximate surface area is 187 Å². The Morgan fingerprint density at radius 3 is 2.75 bits per heavy atom. The van der Waals surface area contributed by atoms with Gasteiger partial charge in [0.05, 0.1) is 11.9 Å². The molecule has 2 heterocycles. The molecule has 0 bridgehead atoms. The number of furan rings is 1. The summed E-state index contributed by atoms with van der Waals surface area (Å²) in [5.74, 6) is 0.875. The van der Waals surface area contributed by atoms with Crippen molar-refractivity contribution in [3.8, 4) is 5.75 Å². The normalized spacial score (nSPS) is 10.8. The van der Waals surface area contributed by atoms with E-state index in [1.807, 2.05) is 44.2 Å². The van der Waals surface area contributed by atoms with E-state index in [9.17, 15) is 9.59 Å². The first-order valence-corrected chi connectivity index (χ1v) is 10.4. The second-order valence-electron chi connectivity index (χ2n) is 7.74. The Bertz CT molecular complexity index is 1100. The van der Waals surface area contributed by atoms with Crippen molar-refractivity contribution in [3.05, 3.63) is 78.0 Å². The molecule has 32 heavy (non-hydrogen) atoms. The number of allylic oxidation sites excluding steroid dienone is 1. The first-order chi connectivity index (χ1) is 15.4. The average Bonchev–Trinajstić information content (AvgIpc) is 3.38. The van der Waals surface area contributed by atoms with E-state index in [4.69, 9.17) is 9.15 Å². The first-order valence-electron chi connectivity index (χ1n) is 10.4. The third-order valence-electron chi connectivity index (χ3n) is 4.67. The number of nitrogens with zero attached hydrogens (tertiary/aromatic N) is 2. The standard InChI is InChI=1S/C24H28N4O4/c1-5-8-17-9-6-7-10-20(17)31-15-18-11-12-21(32-18)23(29)27-19-14-26-28(4)22(19)24(30)25-13-16(2)3/h5-7,9-12,14,16H,1,8,13,15H2,2-4H3,(H,25,30)(H,27,29). The van der Waals surface area contributed by atoms with Crippen molar-refractivity contribution in [1.82, 2.24) is 15.1 Å². The molecule has 2 aromatic heterocycles. The van der Waals surface area contributed by atoms with Gasteiger partial charge in [0.1, 0.15) is 23.8 Å². The van der Waals surface area contributed by atoms with Crippen LogP contribution < -0.4 is 15.4 Å². The molecule has 0 saturated carbocycles. The highest BCUT2D eigenvalue weighted by atomic mass is 16.5. The van der Waals surface area contributed by atoms with E-state index in [0.29, 0.717) is 30.3 Å². The molecule has 2 amide bonds. The summed E-state index contributed by atoms with van der Waals surface area (Å²) in [6, 6.07) is 10.9. The van der Waals surface area contributed by atoms with Crippen molar-refractivity contribution in [3.63, 3.8) is 0 Å². The zero-order valence-electron chi connectivity index (χ0n) is 18.6. The summed E-state index contributed by atoms with van der Waals surface area (Å²) in [7, 11) is 1.65. The number of hydrogen-bond acceptors (Lipinski definition) is 5. The molecule has 0 aliphatic carbocycles. The van der Waals surface area contributed by atoms with Crippen molar-refractivity contribution in [2.75, 3.05) is 11.9 Å². The number of benzene rings is 1. The van der Waals surface area contributed by atoms with Gasteiger partial charge in [0.2, 0.25) is 0 Å². The Morgan fingerprint density at radius 1 is 1.22 bits per heavy atom. The fraction of sp³-hybridized carbons (Fsp3) is 0.292. The van der Waals surface area contributed by atoms with Gasteiger partial charge in [-0.25, -0.2) is 0 Å². The smallest absolute Gasteiger partial charge is 0.291 e. The van der Waals surface area contributed by atoms with Crippen LogP contribution >= 0.6 is 0 Å². The lowest BCUT2D eigenvalue weighted by Crippen LogP contribution is -2.30. The lowest BCUT2D eigenvalue weighted by molar-refractivity contribution is 0.0940.